The van der Waals surface area contributed by atoms with Crippen LogP contribution in [0.1, 0.15) is 242 Å². The van der Waals surface area contributed by atoms with Crippen LogP contribution in [-0.4, -0.2) is 275 Å². The van der Waals surface area contributed by atoms with Gasteiger partial charge in [0.25, 0.3) is 0 Å². The predicted octanol–water partition coefficient (Wildman–Crippen LogP) is -7.92. The Kier molecular flexibility index (Phi) is 51.3. The third-order valence-corrected chi connectivity index (χ3v) is 20.5. The van der Waals surface area contributed by atoms with Crippen LogP contribution in [-0.2, 0) is 101 Å². The molecule has 0 aromatic heterocycles. The fourth-order valence-corrected chi connectivity index (χ4v) is 11.8. The average molecular weight is 1840 g/mol. The van der Waals surface area contributed by atoms with Gasteiger partial charge < -0.3 is 141 Å². The van der Waals surface area contributed by atoms with Gasteiger partial charge in [-0.2, -0.15) is 0 Å². The summed E-state index contributed by atoms with van der Waals surface area (Å²) in [4.78, 5) is 282. The molecule has 0 spiro atoms. The van der Waals surface area contributed by atoms with Crippen LogP contribution < -0.4 is 141 Å². The first-order chi connectivity index (χ1) is 59.6. The molecule has 0 rings (SSSR count). The van der Waals surface area contributed by atoms with Crippen molar-refractivity contribution < 1.29 is 101 Å². The van der Waals surface area contributed by atoms with E-state index in [-0.39, 0.29) is 58.3 Å². The summed E-state index contributed by atoms with van der Waals surface area (Å²) in [5.74, 6) is -17.1. The number of primary amides is 1. The molecule has 0 aliphatic heterocycles. The van der Waals surface area contributed by atoms with Crippen LogP contribution in [0.5, 0.6) is 0 Å². The smallest absolute Gasteiger partial charge is 0.245 e. The Labute approximate surface area is 755 Å². The number of amides is 21. The van der Waals surface area contributed by atoms with Gasteiger partial charge >= 0.3 is 0 Å². The van der Waals surface area contributed by atoms with E-state index in [1.165, 1.54) is 145 Å². The third kappa shape index (κ3) is 43.1. The number of nitrogens with two attached hydrogens (primary N) is 6. The van der Waals surface area contributed by atoms with Gasteiger partial charge in [0.2, 0.25) is 124 Å². The first-order valence-corrected chi connectivity index (χ1v) is 43.6. The Morgan fingerprint density at radius 1 is 0.202 bits per heavy atom. The van der Waals surface area contributed by atoms with Crippen molar-refractivity contribution in [1.29, 1.82) is 0 Å². The molecule has 47 heteroatoms. The largest absolute Gasteiger partial charge is 0.368 e. The molecule has 129 heavy (non-hydrogen) atoms. The van der Waals surface area contributed by atoms with Crippen molar-refractivity contribution in [3.8, 4) is 0 Å². The molecule has 734 valence electrons. The van der Waals surface area contributed by atoms with Crippen molar-refractivity contribution in [2.75, 3.05) is 32.7 Å². The standard InChI is InChI=1S/C82H150N26O21/c1-42(58(88)110)89-59(111)43(2)94-69(121)54(33-23-28-38-84)100-74(126)79(14,15)105-65(117)49(8)91-61(113)45(4)96-71(123)56(35-25-30-40-86)102-76(128)81(18,19)107-67(119)51(10)93-63(115)47(6)98-72(124)57(36-26-31-41-87)103-77(129)82(20,21)108-66(118)50(9)92-62(114)46(5)97-70(122)55(34-24-29-39-85)101-75(127)80(16,17)106-64(116)48(7)90-60(112)44(3)95-68(120)53(32-22-27-37-83)99-73(125)78(12,13)104-52(11)109/h42-51,53-57H,22-41,83-87H2,1-21H3,(H2,88,110)(H,89,111)(H,90,112)(H,91,113)(H,92,114)(H,93,115)(H,94,121)(H,95,120)(H,96,123)(H,97,122)(H,98,124)(H,99,125)(H,100,126)(H,101,127)(H,102,128)(H,103,129)(H,104,109)(H,105,117)(H,106,116)(H,107,119)(H,108,118)/t42-,43-,44-,45-,46-,47-,48-,49-,50-,51-,53-,54-,55-,56-,57-/m0/s1. The van der Waals surface area contributed by atoms with Gasteiger partial charge in [0.05, 0.1) is 0 Å². The quantitative estimate of drug-likeness (QED) is 0.0252. The number of hydrogen-bond donors (Lipinski definition) is 26. The molecular formula is C82H150N26O21. The Balaban J connectivity index is 6.05. The molecule has 15 atom stereocenters. The second kappa shape index (κ2) is 56.2. The van der Waals surface area contributed by atoms with E-state index in [0.29, 0.717) is 70.8 Å². The highest BCUT2D eigenvalue weighted by atomic mass is 16.2. The van der Waals surface area contributed by atoms with E-state index >= 15 is 0 Å². The van der Waals surface area contributed by atoms with E-state index in [0.717, 1.165) is 0 Å². The van der Waals surface area contributed by atoms with Crippen molar-refractivity contribution in [3.63, 3.8) is 0 Å². The Hall–Kier alpha value is -11.3. The predicted molar refractivity (Wildman–Crippen MR) is 476 cm³/mol. The van der Waals surface area contributed by atoms with E-state index < -0.39 is 242 Å². The fraction of sp³-hybridized carbons (Fsp3) is 0.744. The molecule has 21 amide bonds. The number of rotatable bonds is 60. The lowest BCUT2D eigenvalue weighted by Crippen LogP contribution is -2.63. The number of carbonyl (C=O) groups is 21. The lowest BCUT2D eigenvalue weighted by atomic mass is 10.0. The Bertz CT molecular complexity index is 3860. The Morgan fingerprint density at radius 3 is 0.488 bits per heavy atom. The fourth-order valence-electron chi connectivity index (χ4n) is 11.8. The lowest BCUT2D eigenvalue weighted by molar-refractivity contribution is -0.138. The SMILES string of the molecule is CC(=O)NC(C)(C)C(=O)N[C@@H](CCCCN)C(=O)N[C@@H](C)C(=O)N[C@@H](C)C(=O)NC(C)(C)C(=O)N[C@@H](CCCCN)C(=O)N[C@@H](C)C(=O)N[C@@H](C)C(=O)NC(C)(C)C(=O)N[C@@H](CCCCN)C(=O)N[C@@H](C)C(=O)N[C@@H](C)C(=O)NC(C)(C)C(=O)N[C@@H](CCCCN)C(=O)N[C@@H](C)C(=O)N[C@@H](C)C(=O)NC(C)(C)C(=O)N[C@@H](CCCCN)C(=O)N[C@@H](C)C(=O)N[C@@H](C)C(N)=O. The van der Waals surface area contributed by atoms with Crippen molar-refractivity contribution in [3.05, 3.63) is 0 Å². The molecule has 0 fully saturated rings. The molecule has 0 bridgehead atoms. The van der Waals surface area contributed by atoms with Crippen molar-refractivity contribution in [2.24, 2.45) is 34.4 Å². The molecule has 0 aliphatic rings. The molecule has 0 aromatic carbocycles. The van der Waals surface area contributed by atoms with Crippen molar-refractivity contribution >= 4 is 124 Å². The average Bonchev–Trinajstić information content (AvgIpc) is 0.869. The van der Waals surface area contributed by atoms with E-state index in [2.05, 4.69) is 106 Å². The van der Waals surface area contributed by atoms with Crippen molar-refractivity contribution in [1.82, 2.24) is 106 Å². The summed E-state index contributed by atoms with van der Waals surface area (Å²) in [5.41, 5.74) is 25.3. The monoisotopic (exact) mass is 1840 g/mol. The molecule has 32 N–H and O–H groups in total. The molecule has 0 aromatic rings. The van der Waals surface area contributed by atoms with Gasteiger partial charge in [0.1, 0.15) is 118 Å². The van der Waals surface area contributed by atoms with E-state index in [1.807, 2.05) is 0 Å². The van der Waals surface area contributed by atoms with Crippen LogP contribution in [0.3, 0.4) is 0 Å². The molecule has 47 nitrogen and oxygen atoms in total. The van der Waals surface area contributed by atoms with E-state index in [1.54, 1.807) is 0 Å². The number of unbranched alkanes of at least 4 members (excludes halogenated alkanes) is 5. The summed E-state index contributed by atoms with van der Waals surface area (Å²) in [7, 11) is 0. The molecular weight excluding hydrogens is 1690 g/mol. The zero-order valence-corrected chi connectivity index (χ0v) is 78.8. The minimum absolute atomic E-state index is 0.00192. The van der Waals surface area contributed by atoms with Gasteiger partial charge in [0, 0.05) is 6.92 Å². The number of nitrogens with one attached hydrogen (secondary N) is 20. The van der Waals surface area contributed by atoms with Gasteiger partial charge in [-0.1, -0.05) is 0 Å². The highest BCUT2D eigenvalue weighted by molar-refractivity contribution is 6.03. The van der Waals surface area contributed by atoms with Gasteiger partial charge in [-0.25, -0.2) is 0 Å². The van der Waals surface area contributed by atoms with Crippen LogP contribution in [0.15, 0.2) is 0 Å². The highest BCUT2D eigenvalue weighted by Crippen LogP contribution is 2.16. The van der Waals surface area contributed by atoms with Gasteiger partial charge in [0.15, 0.2) is 0 Å². The molecule has 0 saturated carbocycles. The normalized spacial score (nSPS) is 15.1. The summed E-state index contributed by atoms with van der Waals surface area (Å²) >= 11 is 0. The molecule has 0 unspecified atom stereocenters. The second-order valence-electron chi connectivity index (χ2n) is 35.0. The summed E-state index contributed by atoms with van der Waals surface area (Å²) in [6.07, 6.45) is 4.17. The maximum absolute atomic E-state index is 14.0. The maximum Gasteiger partial charge on any atom is 0.245 e. The lowest BCUT2D eigenvalue weighted by Gasteiger charge is -2.31. The molecule has 0 aliphatic carbocycles. The van der Waals surface area contributed by atoms with Crippen LogP contribution in [0.4, 0.5) is 0 Å². The zero-order chi connectivity index (χ0) is 99.6. The third-order valence-electron chi connectivity index (χ3n) is 20.5. The van der Waals surface area contributed by atoms with E-state index in [4.69, 9.17) is 34.4 Å². The van der Waals surface area contributed by atoms with Gasteiger partial charge in [-0.3, -0.25) is 101 Å². The molecule has 0 saturated heterocycles. The van der Waals surface area contributed by atoms with E-state index in [9.17, 15) is 101 Å². The van der Waals surface area contributed by atoms with Crippen LogP contribution >= 0.6 is 0 Å². The topological polar surface area (TPSA) is 755 Å². The summed E-state index contributed by atoms with van der Waals surface area (Å²) < 4.78 is 0. The summed E-state index contributed by atoms with van der Waals surface area (Å²) in [5, 5.41) is 50.4. The Morgan fingerprint density at radius 2 is 0.341 bits per heavy atom. The second-order valence-corrected chi connectivity index (χ2v) is 35.0. The zero-order valence-electron chi connectivity index (χ0n) is 78.8. The highest BCUT2D eigenvalue weighted by Gasteiger charge is 2.42. The minimum Gasteiger partial charge on any atom is -0.368 e. The molecule has 0 radical (unpaired) electrons. The van der Waals surface area contributed by atoms with Gasteiger partial charge in [-0.15, -0.1) is 0 Å². The van der Waals surface area contributed by atoms with Gasteiger partial charge in [-0.05, 0) is 268 Å². The number of hydrogen-bond acceptors (Lipinski definition) is 26. The first kappa shape index (κ1) is 118. The van der Waals surface area contributed by atoms with Crippen LogP contribution in [0.25, 0.3) is 0 Å². The minimum atomic E-state index is -1.80. The summed E-state index contributed by atoms with van der Waals surface area (Å²) in [6, 6.07) is -19.2. The maximum atomic E-state index is 14.0. The first-order valence-electron chi connectivity index (χ1n) is 43.6. The van der Waals surface area contributed by atoms with Crippen LogP contribution in [0, 0.1) is 0 Å². The molecule has 0 heterocycles. The van der Waals surface area contributed by atoms with Crippen molar-refractivity contribution in [2.45, 2.75) is 360 Å². The van der Waals surface area contributed by atoms with Crippen LogP contribution in [0.2, 0.25) is 0 Å². The number of carbonyl (C=O) groups excluding carboxylic acids is 21. The summed E-state index contributed by atoms with van der Waals surface area (Å²) in [6.45, 7) is 29.0.